The van der Waals surface area contributed by atoms with E-state index in [-0.39, 0.29) is 5.41 Å². The van der Waals surface area contributed by atoms with Gasteiger partial charge in [-0.2, -0.15) is 0 Å². The lowest BCUT2D eigenvalue weighted by atomic mass is 9.82. The third-order valence-electron chi connectivity index (χ3n) is 5.50. The number of pyridine rings is 1. The second-order valence-corrected chi connectivity index (χ2v) is 13.7. The number of hydrogen-bond acceptors (Lipinski definition) is 1. The van der Waals surface area contributed by atoms with E-state index in [1.54, 1.807) is 0 Å². The van der Waals surface area contributed by atoms with Crippen LogP contribution in [0.4, 0.5) is 0 Å². The minimum Gasteiger partial charge on any atom is -0.256 e. The topological polar surface area (TPSA) is 12.9 Å². The summed E-state index contributed by atoms with van der Waals surface area (Å²) in [5, 5.41) is 1.52. The first-order valence-corrected chi connectivity index (χ1v) is 12.5. The van der Waals surface area contributed by atoms with Crippen LogP contribution in [0.5, 0.6) is 0 Å². The highest BCUT2D eigenvalue weighted by Gasteiger charge is 2.36. The highest BCUT2D eigenvalue weighted by molar-refractivity contribution is 6.88. The molecule has 0 N–H and O–H groups in total. The first kappa shape index (κ1) is 16.3. The summed E-state index contributed by atoms with van der Waals surface area (Å²) < 4.78 is 0. The molecule has 4 rings (SSSR count). The lowest BCUT2D eigenvalue weighted by Crippen LogP contribution is -2.37. The zero-order valence-corrected chi connectivity index (χ0v) is 16.7. The van der Waals surface area contributed by atoms with Crippen molar-refractivity contribution in [2.45, 2.75) is 38.9 Å². The molecule has 0 fully saturated rings. The molecule has 0 aliphatic heterocycles. The van der Waals surface area contributed by atoms with Crippen LogP contribution in [0, 0.1) is 0 Å². The molecule has 1 nitrogen and oxygen atoms in total. The van der Waals surface area contributed by atoms with Crippen LogP contribution in [0.2, 0.25) is 19.6 Å². The average molecular weight is 344 g/mol. The highest BCUT2D eigenvalue weighted by Crippen LogP contribution is 2.48. The maximum atomic E-state index is 4.79. The Hall–Kier alpha value is -2.19. The number of benzene rings is 2. The van der Waals surface area contributed by atoms with Gasteiger partial charge in [0.2, 0.25) is 0 Å². The molecule has 0 unspecified atom stereocenters. The Bertz CT molecular complexity index is 950. The Morgan fingerprint density at radius 2 is 1.52 bits per heavy atom. The summed E-state index contributed by atoms with van der Waals surface area (Å²) in [5.41, 5.74) is 7.77. The second kappa shape index (κ2) is 5.40. The molecular weight excluding hydrogens is 318 g/mol. The van der Waals surface area contributed by atoms with E-state index in [0.29, 0.717) is 0 Å². The monoisotopic (exact) mass is 343 g/mol. The van der Waals surface area contributed by atoms with Crippen molar-refractivity contribution in [1.29, 1.82) is 0 Å². The summed E-state index contributed by atoms with van der Waals surface area (Å²) in [6.45, 7) is 11.9. The lowest BCUT2D eigenvalue weighted by Gasteiger charge is -2.23. The first-order chi connectivity index (χ1) is 11.8. The molecule has 0 saturated heterocycles. The smallest absolute Gasteiger partial charge is 0.0776 e. The Kier molecular flexibility index (Phi) is 3.52. The third kappa shape index (κ3) is 2.56. The van der Waals surface area contributed by atoms with E-state index in [9.17, 15) is 0 Å². The average Bonchev–Trinajstić information content (AvgIpc) is 2.82. The van der Waals surface area contributed by atoms with E-state index in [0.717, 1.165) is 5.69 Å². The number of aromatic nitrogens is 1. The minimum absolute atomic E-state index is 0.0229. The molecule has 0 saturated carbocycles. The second-order valence-electron chi connectivity index (χ2n) is 8.62. The number of fused-ring (bicyclic) bond motifs is 3. The molecule has 0 amide bonds. The fourth-order valence-corrected chi connectivity index (χ4v) is 5.04. The van der Waals surface area contributed by atoms with Crippen molar-refractivity contribution in [3.63, 3.8) is 0 Å². The highest BCUT2D eigenvalue weighted by atomic mass is 28.3. The molecular formula is C23H25NSi. The first-order valence-electron chi connectivity index (χ1n) is 9.00. The van der Waals surface area contributed by atoms with Gasteiger partial charge in [-0.1, -0.05) is 87.2 Å². The molecule has 0 bridgehead atoms. The van der Waals surface area contributed by atoms with Gasteiger partial charge in [-0.05, 0) is 22.8 Å². The van der Waals surface area contributed by atoms with Crippen LogP contribution >= 0.6 is 0 Å². The third-order valence-corrected chi connectivity index (χ3v) is 7.54. The molecule has 0 spiro atoms. The lowest BCUT2D eigenvalue weighted by molar-refractivity contribution is 0.660. The molecule has 3 aromatic rings. The summed E-state index contributed by atoms with van der Waals surface area (Å²) >= 11 is 0. The van der Waals surface area contributed by atoms with Gasteiger partial charge in [0.25, 0.3) is 0 Å². The number of nitrogens with zero attached hydrogens (tertiary/aromatic N) is 1. The van der Waals surface area contributed by atoms with Crippen LogP contribution in [0.15, 0.2) is 60.8 Å². The van der Waals surface area contributed by atoms with Gasteiger partial charge in [0.05, 0.1) is 13.8 Å². The molecule has 0 radical (unpaired) electrons. The summed E-state index contributed by atoms with van der Waals surface area (Å²) in [6.07, 6.45) is 2.08. The van der Waals surface area contributed by atoms with Crippen molar-refractivity contribution < 1.29 is 0 Å². The molecule has 1 aromatic heterocycles. The fourth-order valence-electron chi connectivity index (χ4n) is 3.88. The molecule has 0 atom stereocenters. The SMILES string of the molecule is CC1(C)c2ccc([Si](C)(C)C)cc2-c2cnc(-c3ccccc3)cc21. The van der Waals surface area contributed by atoms with Crippen molar-refractivity contribution >= 4 is 13.3 Å². The van der Waals surface area contributed by atoms with E-state index < -0.39 is 8.07 Å². The van der Waals surface area contributed by atoms with Gasteiger partial charge in [0.1, 0.15) is 0 Å². The summed E-state index contributed by atoms with van der Waals surface area (Å²) in [4.78, 5) is 4.79. The fraction of sp³-hybridized carbons (Fsp3) is 0.261. The van der Waals surface area contributed by atoms with Crippen LogP contribution in [0.25, 0.3) is 22.4 Å². The van der Waals surface area contributed by atoms with Gasteiger partial charge in [-0.3, -0.25) is 4.98 Å². The standard InChI is InChI=1S/C23H25NSi/c1-23(2)20-12-11-17(25(3,4)5)13-18(20)19-15-24-22(14-21(19)23)16-9-7-6-8-10-16/h6-15H,1-5H3. The Morgan fingerprint density at radius 3 is 2.20 bits per heavy atom. The van der Waals surface area contributed by atoms with Gasteiger partial charge in [-0.15, -0.1) is 0 Å². The van der Waals surface area contributed by atoms with Crippen LogP contribution in [0.3, 0.4) is 0 Å². The zero-order chi connectivity index (χ0) is 17.8. The Balaban J connectivity index is 1.90. The quantitative estimate of drug-likeness (QED) is 0.552. The summed E-state index contributed by atoms with van der Waals surface area (Å²) in [6, 6.07) is 19.9. The molecule has 1 aliphatic rings. The van der Waals surface area contributed by atoms with Crippen LogP contribution in [0.1, 0.15) is 25.0 Å². The van der Waals surface area contributed by atoms with E-state index in [2.05, 4.69) is 94.3 Å². The van der Waals surface area contributed by atoms with Crippen molar-refractivity contribution in [1.82, 2.24) is 4.98 Å². The van der Waals surface area contributed by atoms with Crippen LogP contribution in [-0.2, 0) is 5.41 Å². The molecule has 126 valence electrons. The van der Waals surface area contributed by atoms with Crippen molar-refractivity contribution in [3.8, 4) is 22.4 Å². The van der Waals surface area contributed by atoms with Gasteiger partial charge < -0.3 is 0 Å². The Morgan fingerprint density at radius 1 is 0.800 bits per heavy atom. The summed E-state index contributed by atoms with van der Waals surface area (Å²) in [7, 11) is -1.33. The number of hydrogen-bond donors (Lipinski definition) is 0. The maximum absolute atomic E-state index is 4.79. The van der Waals surface area contributed by atoms with Gasteiger partial charge in [0.15, 0.2) is 0 Å². The molecule has 2 heteroatoms. The predicted octanol–water partition coefficient (Wildman–Crippen LogP) is 5.60. The van der Waals surface area contributed by atoms with Gasteiger partial charge in [0, 0.05) is 22.7 Å². The zero-order valence-electron chi connectivity index (χ0n) is 15.7. The van der Waals surface area contributed by atoms with E-state index in [1.165, 1.54) is 33.0 Å². The maximum Gasteiger partial charge on any atom is 0.0776 e. The molecule has 1 aliphatic carbocycles. The molecule has 1 heterocycles. The minimum atomic E-state index is -1.33. The molecule has 2 aromatic carbocycles. The van der Waals surface area contributed by atoms with E-state index in [1.807, 2.05) is 0 Å². The molecule has 25 heavy (non-hydrogen) atoms. The van der Waals surface area contributed by atoms with Gasteiger partial charge in [-0.25, -0.2) is 0 Å². The summed E-state index contributed by atoms with van der Waals surface area (Å²) in [5.74, 6) is 0. The van der Waals surface area contributed by atoms with Crippen LogP contribution in [-0.4, -0.2) is 13.1 Å². The van der Waals surface area contributed by atoms with Crippen LogP contribution < -0.4 is 5.19 Å². The Labute approximate surface area is 151 Å². The van der Waals surface area contributed by atoms with Crippen molar-refractivity contribution in [2.75, 3.05) is 0 Å². The predicted molar refractivity (Wildman–Crippen MR) is 110 cm³/mol. The normalized spacial score (nSPS) is 14.9. The largest absolute Gasteiger partial charge is 0.256 e. The van der Waals surface area contributed by atoms with Crippen molar-refractivity contribution in [3.05, 3.63) is 71.9 Å². The van der Waals surface area contributed by atoms with Crippen molar-refractivity contribution in [2.24, 2.45) is 0 Å². The van der Waals surface area contributed by atoms with E-state index >= 15 is 0 Å². The van der Waals surface area contributed by atoms with Gasteiger partial charge >= 0.3 is 0 Å². The van der Waals surface area contributed by atoms with E-state index in [4.69, 9.17) is 4.98 Å². The number of rotatable bonds is 2.